The number of amides is 2. The Labute approximate surface area is 222 Å². The number of fused-ring (bicyclic) bond motifs is 4. The SMILES string of the molecule is CN(C)c1ccc(Cl)c(C(=O)Nc2ccc3c(c2)-c2c(c(C(N)=O)nn2-c2ccc4c(c2)OCO4)CO3)c1. The third kappa shape index (κ3) is 3.95. The third-order valence-corrected chi connectivity index (χ3v) is 6.72. The molecule has 0 radical (unpaired) electrons. The second-order valence-corrected chi connectivity index (χ2v) is 9.41. The topological polar surface area (TPSA) is 121 Å². The zero-order valence-corrected chi connectivity index (χ0v) is 21.2. The van der Waals surface area contributed by atoms with Crippen LogP contribution in [-0.4, -0.2) is 42.5 Å². The van der Waals surface area contributed by atoms with Crippen LogP contribution in [0.2, 0.25) is 5.02 Å². The number of ether oxygens (including phenoxy) is 3. The van der Waals surface area contributed by atoms with E-state index >= 15 is 0 Å². The minimum atomic E-state index is -0.673. The number of halogens is 1. The molecule has 3 N–H and O–H groups in total. The van der Waals surface area contributed by atoms with Crippen LogP contribution in [0.1, 0.15) is 26.4 Å². The summed E-state index contributed by atoms with van der Waals surface area (Å²) in [6.07, 6.45) is 0. The number of hydrogen-bond acceptors (Lipinski definition) is 7. The molecular weight excluding hydrogens is 510 g/mol. The van der Waals surface area contributed by atoms with Gasteiger partial charge in [-0.05, 0) is 48.5 Å². The first-order chi connectivity index (χ1) is 18.3. The van der Waals surface area contributed by atoms with E-state index in [0.717, 1.165) is 5.69 Å². The second kappa shape index (κ2) is 9.00. The van der Waals surface area contributed by atoms with Crippen molar-refractivity contribution >= 4 is 34.8 Å². The van der Waals surface area contributed by atoms with Gasteiger partial charge in [-0.15, -0.1) is 0 Å². The van der Waals surface area contributed by atoms with Crippen molar-refractivity contribution in [3.63, 3.8) is 0 Å². The normalized spacial score (nSPS) is 12.8. The summed E-state index contributed by atoms with van der Waals surface area (Å²) >= 11 is 6.33. The number of primary amides is 1. The minimum absolute atomic E-state index is 0.102. The van der Waals surface area contributed by atoms with Gasteiger partial charge in [-0.1, -0.05) is 11.6 Å². The standard InChI is InChI=1S/C27H22ClN5O5/c1-32(2)15-4-6-20(28)17(10-15)27(35)30-14-3-7-21-18(9-14)25-19(12-36-21)24(26(29)34)31-33(25)16-5-8-22-23(11-16)38-13-37-22/h3-11H,12-13H2,1-2H3,(H2,29,34)(H,30,35). The quantitative estimate of drug-likeness (QED) is 0.395. The Morgan fingerprint density at radius 2 is 1.79 bits per heavy atom. The van der Waals surface area contributed by atoms with Crippen LogP contribution >= 0.6 is 11.6 Å². The summed E-state index contributed by atoms with van der Waals surface area (Å²) in [5.41, 5.74) is 9.91. The lowest BCUT2D eigenvalue weighted by Gasteiger charge is -2.21. The Bertz CT molecular complexity index is 1630. The Hall–Kier alpha value is -4.70. The molecule has 0 aliphatic carbocycles. The monoisotopic (exact) mass is 531 g/mol. The first kappa shape index (κ1) is 23.7. The van der Waals surface area contributed by atoms with E-state index in [-0.39, 0.29) is 25.0 Å². The summed E-state index contributed by atoms with van der Waals surface area (Å²) in [5, 5.41) is 7.77. The van der Waals surface area contributed by atoms with Crippen LogP contribution < -0.4 is 30.2 Å². The smallest absolute Gasteiger partial charge is 0.269 e. The van der Waals surface area contributed by atoms with Crippen LogP contribution in [0, 0.1) is 0 Å². The Kier molecular flexibility index (Phi) is 5.61. The molecule has 2 aliphatic rings. The van der Waals surface area contributed by atoms with Gasteiger partial charge in [0.1, 0.15) is 12.4 Å². The molecule has 2 amide bonds. The van der Waals surface area contributed by atoms with E-state index in [1.807, 2.05) is 31.1 Å². The van der Waals surface area contributed by atoms with Crippen molar-refractivity contribution in [1.82, 2.24) is 9.78 Å². The number of rotatable bonds is 5. The molecule has 0 saturated carbocycles. The maximum Gasteiger partial charge on any atom is 0.269 e. The van der Waals surface area contributed by atoms with E-state index in [1.54, 1.807) is 47.1 Å². The Balaban J connectivity index is 1.42. The van der Waals surface area contributed by atoms with Crippen LogP contribution in [0.3, 0.4) is 0 Å². The van der Waals surface area contributed by atoms with E-state index in [2.05, 4.69) is 10.4 Å². The molecule has 0 fully saturated rings. The van der Waals surface area contributed by atoms with Crippen LogP contribution in [0.25, 0.3) is 16.9 Å². The predicted octanol–water partition coefficient (Wildman–Crippen LogP) is 4.23. The highest BCUT2D eigenvalue weighted by molar-refractivity contribution is 6.34. The van der Waals surface area contributed by atoms with Gasteiger partial charge in [0.2, 0.25) is 6.79 Å². The molecule has 0 atom stereocenters. The molecule has 3 aromatic carbocycles. The molecule has 192 valence electrons. The fraction of sp³-hybridized carbons (Fsp3) is 0.148. The summed E-state index contributed by atoms with van der Waals surface area (Å²) in [4.78, 5) is 27.3. The fourth-order valence-corrected chi connectivity index (χ4v) is 4.70. The number of carbonyl (C=O) groups is 2. The number of benzene rings is 3. The molecular formula is C27H22ClN5O5. The number of anilines is 2. The number of nitrogens with one attached hydrogen (secondary N) is 1. The van der Waals surface area contributed by atoms with Crippen molar-refractivity contribution in [1.29, 1.82) is 0 Å². The summed E-state index contributed by atoms with van der Waals surface area (Å²) in [5.74, 6) is 0.722. The van der Waals surface area contributed by atoms with E-state index < -0.39 is 5.91 Å². The van der Waals surface area contributed by atoms with E-state index in [4.69, 9.17) is 31.5 Å². The lowest BCUT2D eigenvalue weighted by atomic mass is 10.0. The predicted molar refractivity (Wildman–Crippen MR) is 142 cm³/mol. The number of hydrogen-bond donors (Lipinski definition) is 2. The Morgan fingerprint density at radius 3 is 2.58 bits per heavy atom. The van der Waals surface area contributed by atoms with Crippen LogP contribution in [0.4, 0.5) is 11.4 Å². The van der Waals surface area contributed by atoms with Gasteiger partial charge >= 0.3 is 0 Å². The number of aromatic nitrogens is 2. The van der Waals surface area contributed by atoms with E-state index in [1.165, 1.54) is 0 Å². The van der Waals surface area contributed by atoms with Gasteiger partial charge in [-0.2, -0.15) is 5.10 Å². The van der Waals surface area contributed by atoms with Crippen molar-refractivity contribution in [2.75, 3.05) is 31.1 Å². The number of nitrogens with two attached hydrogens (primary N) is 1. The van der Waals surface area contributed by atoms with E-state index in [9.17, 15) is 9.59 Å². The van der Waals surface area contributed by atoms with Gasteiger partial charge in [0.15, 0.2) is 17.2 Å². The van der Waals surface area contributed by atoms with Gasteiger partial charge < -0.3 is 30.2 Å². The molecule has 1 aromatic heterocycles. The van der Waals surface area contributed by atoms with Gasteiger partial charge in [0.25, 0.3) is 11.8 Å². The molecule has 10 nitrogen and oxygen atoms in total. The van der Waals surface area contributed by atoms with Crippen LogP contribution in [0.5, 0.6) is 17.2 Å². The minimum Gasteiger partial charge on any atom is -0.488 e. The van der Waals surface area contributed by atoms with Gasteiger partial charge in [-0.25, -0.2) is 4.68 Å². The maximum atomic E-state index is 13.2. The first-order valence-corrected chi connectivity index (χ1v) is 12.0. The molecule has 0 bridgehead atoms. The van der Waals surface area contributed by atoms with Crippen molar-refractivity contribution in [3.05, 3.63) is 76.4 Å². The highest BCUT2D eigenvalue weighted by Gasteiger charge is 2.30. The molecule has 2 aliphatic heterocycles. The molecule has 0 spiro atoms. The molecule has 11 heteroatoms. The summed E-state index contributed by atoms with van der Waals surface area (Å²) in [6.45, 7) is 0.244. The van der Waals surface area contributed by atoms with Crippen molar-refractivity contribution in [3.8, 4) is 34.2 Å². The van der Waals surface area contributed by atoms with Gasteiger partial charge in [-0.3, -0.25) is 9.59 Å². The maximum absolute atomic E-state index is 13.2. The van der Waals surface area contributed by atoms with Crippen molar-refractivity contribution < 1.29 is 23.8 Å². The molecule has 0 saturated heterocycles. The second-order valence-electron chi connectivity index (χ2n) is 9.00. The molecule has 4 aromatic rings. The molecule has 38 heavy (non-hydrogen) atoms. The Morgan fingerprint density at radius 1 is 1.00 bits per heavy atom. The average molecular weight is 532 g/mol. The molecule has 6 rings (SSSR count). The largest absolute Gasteiger partial charge is 0.488 e. The lowest BCUT2D eigenvalue weighted by Crippen LogP contribution is -2.16. The fourth-order valence-electron chi connectivity index (χ4n) is 4.50. The zero-order valence-electron chi connectivity index (χ0n) is 20.4. The summed E-state index contributed by atoms with van der Waals surface area (Å²) in [6, 6.07) is 15.9. The number of carbonyl (C=O) groups excluding carboxylic acids is 2. The van der Waals surface area contributed by atoms with Crippen LogP contribution in [-0.2, 0) is 6.61 Å². The summed E-state index contributed by atoms with van der Waals surface area (Å²) < 4.78 is 18.5. The van der Waals surface area contributed by atoms with Gasteiger partial charge in [0, 0.05) is 42.7 Å². The highest BCUT2D eigenvalue weighted by atomic mass is 35.5. The molecule has 3 heterocycles. The highest BCUT2D eigenvalue weighted by Crippen LogP contribution is 2.43. The lowest BCUT2D eigenvalue weighted by molar-refractivity contribution is 0.0990. The van der Waals surface area contributed by atoms with Crippen molar-refractivity contribution in [2.24, 2.45) is 5.73 Å². The van der Waals surface area contributed by atoms with Crippen molar-refractivity contribution in [2.45, 2.75) is 6.61 Å². The third-order valence-electron chi connectivity index (χ3n) is 6.39. The summed E-state index contributed by atoms with van der Waals surface area (Å²) in [7, 11) is 3.77. The number of nitrogens with zero attached hydrogens (tertiary/aromatic N) is 3. The van der Waals surface area contributed by atoms with Crippen LogP contribution in [0.15, 0.2) is 54.6 Å². The average Bonchev–Trinajstić information content (AvgIpc) is 3.53. The molecule has 0 unspecified atom stereocenters. The van der Waals surface area contributed by atoms with Gasteiger partial charge in [0.05, 0.1) is 22.0 Å². The zero-order chi connectivity index (χ0) is 26.6. The van der Waals surface area contributed by atoms with E-state index in [0.29, 0.717) is 56.0 Å². The first-order valence-electron chi connectivity index (χ1n) is 11.7.